The van der Waals surface area contributed by atoms with E-state index in [0.29, 0.717) is 25.3 Å². The second kappa shape index (κ2) is 13.3. The molecule has 0 spiro atoms. The van der Waals surface area contributed by atoms with Crippen molar-refractivity contribution in [2.45, 2.75) is 40.3 Å². The fourth-order valence-corrected chi connectivity index (χ4v) is 5.53. The molecular weight excluding hydrogens is 516 g/mol. The van der Waals surface area contributed by atoms with Gasteiger partial charge in [-0.2, -0.15) is 0 Å². The Balaban J connectivity index is 1.42. The first kappa shape index (κ1) is 28.9. The first-order chi connectivity index (χ1) is 19.9. The van der Waals surface area contributed by atoms with Gasteiger partial charge in [0.1, 0.15) is 11.4 Å². The zero-order valence-electron chi connectivity index (χ0n) is 24.4. The zero-order valence-corrected chi connectivity index (χ0v) is 24.4. The number of fused-ring (bicyclic) bond motifs is 1. The Bertz CT molecular complexity index is 1440. The maximum atomic E-state index is 10.6. The Hall–Kier alpha value is -3.66. The lowest BCUT2D eigenvalue weighted by Gasteiger charge is -2.26. The van der Waals surface area contributed by atoms with E-state index in [2.05, 4.69) is 74.9 Å². The van der Waals surface area contributed by atoms with Crippen molar-refractivity contribution in [1.82, 2.24) is 19.4 Å². The number of rotatable bonds is 12. The van der Waals surface area contributed by atoms with Gasteiger partial charge in [0.15, 0.2) is 0 Å². The molecule has 2 aromatic carbocycles. The van der Waals surface area contributed by atoms with E-state index in [1.165, 1.54) is 11.1 Å². The fraction of sp³-hybridized carbons (Fsp3) is 0.438. The lowest BCUT2D eigenvalue weighted by atomic mass is 10.1. The van der Waals surface area contributed by atoms with Crippen molar-refractivity contribution in [3.63, 3.8) is 0 Å². The van der Waals surface area contributed by atoms with Crippen molar-refractivity contribution in [2.75, 3.05) is 62.8 Å². The van der Waals surface area contributed by atoms with Crippen LogP contribution in [-0.4, -0.2) is 82.2 Å². The molecule has 3 heterocycles. The molecule has 2 aromatic heterocycles. The number of nitrogens with one attached hydrogen (secondary N) is 1. The summed E-state index contributed by atoms with van der Waals surface area (Å²) in [6.07, 6.45) is 0.994. The van der Waals surface area contributed by atoms with E-state index in [1.807, 2.05) is 13.0 Å². The van der Waals surface area contributed by atoms with E-state index in [0.717, 1.165) is 79.7 Å². The summed E-state index contributed by atoms with van der Waals surface area (Å²) in [5.74, 6) is 0.944. The van der Waals surface area contributed by atoms with E-state index in [4.69, 9.17) is 9.72 Å². The molecule has 0 unspecified atom stereocenters. The summed E-state index contributed by atoms with van der Waals surface area (Å²) in [7, 11) is 0. The van der Waals surface area contributed by atoms with Crippen molar-refractivity contribution >= 4 is 22.7 Å². The van der Waals surface area contributed by atoms with Crippen LogP contribution in [0, 0.1) is 20.8 Å². The zero-order chi connectivity index (χ0) is 28.8. The number of anilines is 2. The monoisotopic (exact) mass is 558 g/mol. The molecule has 1 fully saturated rings. The SMILES string of the molecule is Cc1cc(C)cc(N(CCO)Cc2ccc3nc(NCCCN4CCOCC4)n(Cc4nc(C)ccc4O)c3c2)c1. The molecule has 3 N–H and O–H groups in total. The third kappa shape index (κ3) is 7.35. The van der Waals surface area contributed by atoms with Crippen LogP contribution in [0.4, 0.5) is 11.6 Å². The molecule has 0 bridgehead atoms. The molecule has 1 aliphatic heterocycles. The second-order valence-corrected chi connectivity index (χ2v) is 11.0. The topological polar surface area (TPSA) is 98.9 Å². The van der Waals surface area contributed by atoms with Gasteiger partial charge in [-0.3, -0.25) is 9.88 Å². The highest BCUT2D eigenvalue weighted by molar-refractivity contribution is 5.80. The minimum absolute atomic E-state index is 0.0734. The number of aromatic nitrogens is 3. The van der Waals surface area contributed by atoms with E-state index < -0.39 is 0 Å². The van der Waals surface area contributed by atoms with Gasteiger partial charge in [-0.1, -0.05) is 12.1 Å². The number of ether oxygens (including phenoxy) is 1. The number of hydrogen-bond acceptors (Lipinski definition) is 8. The number of aromatic hydroxyl groups is 1. The summed E-state index contributed by atoms with van der Waals surface area (Å²) in [4.78, 5) is 14.2. The van der Waals surface area contributed by atoms with E-state index in [1.54, 1.807) is 6.07 Å². The maximum absolute atomic E-state index is 10.6. The number of nitrogens with zero attached hydrogens (tertiary/aromatic N) is 5. The molecule has 0 aliphatic carbocycles. The van der Waals surface area contributed by atoms with Crippen LogP contribution in [0.1, 0.15) is 34.5 Å². The summed E-state index contributed by atoms with van der Waals surface area (Å²) < 4.78 is 7.58. The van der Waals surface area contributed by atoms with E-state index in [9.17, 15) is 10.2 Å². The van der Waals surface area contributed by atoms with Crippen LogP contribution < -0.4 is 10.2 Å². The number of morpholine rings is 1. The average Bonchev–Trinajstić information content (AvgIpc) is 3.29. The third-order valence-corrected chi connectivity index (χ3v) is 7.56. The predicted molar refractivity (Wildman–Crippen MR) is 164 cm³/mol. The quantitative estimate of drug-likeness (QED) is 0.222. The van der Waals surface area contributed by atoms with Gasteiger partial charge in [0.25, 0.3) is 0 Å². The van der Waals surface area contributed by atoms with Gasteiger partial charge in [0, 0.05) is 44.1 Å². The molecule has 0 radical (unpaired) electrons. The molecule has 0 atom stereocenters. The van der Waals surface area contributed by atoms with Crippen LogP contribution in [0.25, 0.3) is 11.0 Å². The van der Waals surface area contributed by atoms with Crippen molar-refractivity contribution < 1.29 is 14.9 Å². The Morgan fingerprint density at radius 3 is 2.51 bits per heavy atom. The molecule has 9 nitrogen and oxygen atoms in total. The van der Waals surface area contributed by atoms with Gasteiger partial charge in [0.05, 0.1) is 37.4 Å². The van der Waals surface area contributed by atoms with Gasteiger partial charge < -0.3 is 29.7 Å². The summed E-state index contributed by atoms with van der Waals surface area (Å²) in [5, 5.41) is 24.0. The Kier molecular flexibility index (Phi) is 9.38. The lowest BCUT2D eigenvalue weighted by molar-refractivity contribution is 0.0378. The Morgan fingerprint density at radius 2 is 1.76 bits per heavy atom. The highest BCUT2D eigenvalue weighted by Crippen LogP contribution is 2.27. The fourth-order valence-electron chi connectivity index (χ4n) is 5.53. The Morgan fingerprint density at radius 1 is 0.976 bits per heavy atom. The van der Waals surface area contributed by atoms with E-state index >= 15 is 0 Å². The lowest BCUT2D eigenvalue weighted by Crippen LogP contribution is -2.37. The van der Waals surface area contributed by atoms with Gasteiger partial charge in [-0.15, -0.1) is 0 Å². The first-order valence-electron chi connectivity index (χ1n) is 14.5. The van der Waals surface area contributed by atoms with Gasteiger partial charge in [0.2, 0.25) is 5.95 Å². The molecule has 218 valence electrons. The second-order valence-electron chi connectivity index (χ2n) is 11.0. The average molecular weight is 559 g/mol. The summed E-state index contributed by atoms with van der Waals surface area (Å²) in [5.41, 5.74) is 7.95. The summed E-state index contributed by atoms with van der Waals surface area (Å²) in [6.45, 7) is 13.2. The molecule has 1 saturated heterocycles. The number of aliphatic hydroxyl groups is 1. The predicted octanol–water partition coefficient (Wildman–Crippen LogP) is 4.24. The number of pyridine rings is 1. The highest BCUT2D eigenvalue weighted by Gasteiger charge is 2.17. The third-order valence-electron chi connectivity index (χ3n) is 7.56. The summed E-state index contributed by atoms with van der Waals surface area (Å²) >= 11 is 0. The van der Waals surface area contributed by atoms with Crippen molar-refractivity contribution in [2.24, 2.45) is 0 Å². The van der Waals surface area contributed by atoms with Crippen molar-refractivity contribution in [1.29, 1.82) is 0 Å². The Labute approximate surface area is 242 Å². The number of imidazole rings is 1. The van der Waals surface area contributed by atoms with Gasteiger partial charge in [-0.25, -0.2) is 4.98 Å². The normalized spacial score (nSPS) is 14.0. The molecule has 41 heavy (non-hydrogen) atoms. The van der Waals surface area contributed by atoms with Crippen molar-refractivity contribution in [3.8, 4) is 5.75 Å². The molecule has 1 aliphatic rings. The van der Waals surface area contributed by atoms with Gasteiger partial charge >= 0.3 is 0 Å². The van der Waals surface area contributed by atoms with Gasteiger partial charge in [-0.05, 0) is 86.8 Å². The number of hydrogen-bond donors (Lipinski definition) is 3. The van der Waals surface area contributed by atoms with Crippen LogP contribution in [-0.2, 0) is 17.8 Å². The van der Waals surface area contributed by atoms with Crippen LogP contribution in [0.2, 0.25) is 0 Å². The molecule has 4 aromatic rings. The molecule has 0 amide bonds. The summed E-state index contributed by atoms with van der Waals surface area (Å²) in [6, 6.07) is 16.3. The van der Waals surface area contributed by atoms with Crippen LogP contribution >= 0.6 is 0 Å². The largest absolute Gasteiger partial charge is 0.506 e. The van der Waals surface area contributed by atoms with Crippen LogP contribution in [0.3, 0.4) is 0 Å². The van der Waals surface area contributed by atoms with Crippen LogP contribution in [0.5, 0.6) is 5.75 Å². The number of aliphatic hydroxyl groups excluding tert-OH is 1. The highest BCUT2D eigenvalue weighted by atomic mass is 16.5. The standard InChI is InChI=1S/C32H42N6O3/c1-23-17-24(2)19-27(18-23)37(11-14-39)21-26-6-7-28-30(20-26)38(22-29-31(40)8-5-25(3)34-29)32(35-28)33-9-4-10-36-12-15-41-16-13-36/h5-8,17-20,39-40H,4,9-16,21-22H2,1-3H3,(H,33,35). The maximum Gasteiger partial charge on any atom is 0.204 e. The van der Waals surface area contributed by atoms with Crippen LogP contribution in [0.15, 0.2) is 48.5 Å². The van der Waals surface area contributed by atoms with Crippen molar-refractivity contribution in [3.05, 3.63) is 76.6 Å². The number of aryl methyl sites for hydroxylation is 3. The molecule has 9 heteroatoms. The molecule has 5 rings (SSSR count). The van der Waals surface area contributed by atoms with E-state index in [-0.39, 0.29) is 12.4 Å². The first-order valence-corrected chi connectivity index (χ1v) is 14.5. The smallest absolute Gasteiger partial charge is 0.204 e. The molecule has 0 saturated carbocycles. The molecular formula is C32H42N6O3. The minimum atomic E-state index is 0.0734. The minimum Gasteiger partial charge on any atom is -0.506 e. The number of benzene rings is 2.